The fourth-order valence-electron chi connectivity index (χ4n) is 1.92. The van der Waals surface area contributed by atoms with Gasteiger partial charge in [0.15, 0.2) is 0 Å². The zero-order valence-electron chi connectivity index (χ0n) is 10.4. The molecule has 0 spiro atoms. The van der Waals surface area contributed by atoms with Crippen molar-refractivity contribution in [1.29, 1.82) is 0 Å². The van der Waals surface area contributed by atoms with E-state index in [-0.39, 0.29) is 0 Å². The van der Waals surface area contributed by atoms with Crippen molar-refractivity contribution < 1.29 is 24.4 Å². The van der Waals surface area contributed by atoms with Gasteiger partial charge in [0.1, 0.15) is 0 Å². The van der Waals surface area contributed by atoms with Gasteiger partial charge in [-0.1, -0.05) is 0 Å². The van der Waals surface area contributed by atoms with Gasteiger partial charge in [0, 0.05) is 0 Å². The summed E-state index contributed by atoms with van der Waals surface area (Å²) in [6, 6.07) is 0. The first kappa shape index (κ1) is 14.9. The minimum atomic E-state index is 0.794. The first-order chi connectivity index (χ1) is 6.68. The molecule has 0 aliphatic carbocycles. The Morgan fingerprint density at radius 2 is 1.00 bits per heavy atom. The first-order valence-electron chi connectivity index (χ1n) is 6.43. The Hall–Kier alpha value is 0.870. The molecule has 0 amide bonds. The molecule has 0 aromatic rings. The molecule has 0 bridgehead atoms. The molecule has 0 heterocycles. The monoisotopic (exact) mass is 363 g/mol. The van der Waals surface area contributed by atoms with Crippen molar-refractivity contribution in [2.24, 2.45) is 0 Å². The summed E-state index contributed by atoms with van der Waals surface area (Å²) in [5.74, 6) is 0. The third-order valence-electron chi connectivity index (χ3n) is 3.03. The summed E-state index contributed by atoms with van der Waals surface area (Å²) >= 11 is 1.41. The molecular weight excluding hydrogens is 335 g/mol. The van der Waals surface area contributed by atoms with E-state index in [2.05, 4.69) is 20.8 Å². The topological polar surface area (TPSA) is 0 Å². The quantitative estimate of drug-likeness (QED) is 0.491. The van der Waals surface area contributed by atoms with Crippen LogP contribution in [0.4, 0.5) is 0 Å². The van der Waals surface area contributed by atoms with Crippen molar-refractivity contribution in [2.45, 2.75) is 81.7 Å². The van der Waals surface area contributed by atoms with Gasteiger partial charge in [-0.25, -0.2) is 0 Å². The maximum absolute atomic E-state index is 2.32. The molecule has 0 aromatic heterocycles. The fourth-order valence-corrected chi connectivity index (χ4v) is 3.83. The Morgan fingerprint density at radius 1 is 0.714 bits per heavy atom. The van der Waals surface area contributed by atoms with Gasteiger partial charge in [-0.2, -0.15) is 0 Å². The molecule has 0 aromatic carbocycles. The Kier molecular flexibility index (Phi) is 9.69. The zero-order valence-corrected chi connectivity index (χ0v) is 14.0. The second-order valence-electron chi connectivity index (χ2n) is 4.59. The van der Waals surface area contributed by atoms with E-state index in [0.717, 1.165) is 3.17 Å². The third-order valence-corrected chi connectivity index (χ3v) is 5.72. The van der Waals surface area contributed by atoms with E-state index < -0.39 is 0 Å². The van der Waals surface area contributed by atoms with Gasteiger partial charge < -0.3 is 0 Å². The van der Waals surface area contributed by atoms with Crippen LogP contribution < -0.4 is 0 Å². The number of hydrogen-bond acceptors (Lipinski definition) is 0. The van der Waals surface area contributed by atoms with Crippen LogP contribution in [0.3, 0.4) is 0 Å². The number of hydrogen-bond donors (Lipinski definition) is 0. The molecule has 0 atom stereocenters. The molecule has 0 aliphatic rings. The minimum absolute atomic E-state index is 0.794. The molecule has 0 rings (SSSR count). The predicted molar refractivity (Wildman–Crippen MR) is 61.3 cm³/mol. The predicted octanol–water partition coefficient (Wildman–Crippen LogP) is 5.26. The second kappa shape index (κ2) is 9.12. The van der Waals surface area contributed by atoms with E-state index in [4.69, 9.17) is 0 Å². The number of rotatable bonds is 9. The summed E-state index contributed by atoms with van der Waals surface area (Å²) in [5, 5.41) is 0. The molecule has 0 unspecified atom stereocenters. The molecule has 0 aliphatic heterocycles. The summed E-state index contributed by atoms with van der Waals surface area (Å²) in [4.78, 5) is 0. The summed E-state index contributed by atoms with van der Waals surface area (Å²) in [6.45, 7) is 6.96. The van der Waals surface area contributed by atoms with E-state index in [1.807, 2.05) is 0 Å². The average molecular weight is 362 g/mol. The molecule has 14 heavy (non-hydrogen) atoms. The van der Waals surface area contributed by atoms with Gasteiger partial charge in [0.05, 0.1) is 0 Å². The molecule has 0 radical (unpaired) electrons. The first-order valence-corrected chi connectivity index (χ1v) is 8.23. The van der Waals surface area contributed by atoms with Crippen LogP contribution in [0.2, 0.25) is 3.17 Å². The second-order valence-corrected chi connectivity index (χ2v) is 8.40. The van der Waals surface area contributed by atoms with Crippen LogP contribution in [0.5, 0.6) is 0 Å². The molecule has 0 saturated heterocycles. The van der Waals surface area contributed by atoms with Crippen LogP contribution in [-0.4, -0.2) is 0 Å². The Labute approximate surface area is 106 Å². The van der Waals surface area contributed by atoms with Gasteiger partial charge in [-0.3, -0.25) is 0 Å². The third kappa shape index (κ3) is 7.20. The summed E-state index contributed by atoms with van der Waals surface area (Å²) in [6.07, 6.45) is 13.0. The van der Waals surface area contributed by atoms with Crippen molar-refractivity contribution in [3.8, 4) is 0 Å². The number of unbranched alkanes of at least 4 members (excludes halogenated alkanes) is 3. The van der Waals surface area contributed by atoms with Gasteiger partial charge in [-0.15, -0.1) is 0 Å². The van der Waals surface area contributed by atoms with Crippen molar-refractivity contribution in [2.75, 3.05) is 0 Å². The van der Waals surface area contributed by atoms with E-state index >= 15 is 0 Å². The Bertz CT molecular complexity index is 98.6. The average Bonchev–Trinajstić information content (AvgIpc) is 2.21. The van der Waals surface area contributed by atoms with Crippen LogP contribution in [0.1, 0.15) is 78.6 Å². The van der Waals surface area contributed by atoms with Crippen molar-refractivity contribution in [3.05, 3.63) is 0 Å². The van der Waals surface area contributed by atoms with Crippen molar-refractivity contribution in [1.82, 2.24) is 0 Å². The van der Waals surface area contributed by atoms with E-state index in [1.165, 1.54) is 82.2 Å². The van der Waals surface area contributed by atoms with Gasteiger partial charge >= 0.3 is 106 Å². The Balaban J connectivity index is 3.89. The van der Waals surface area contributed by atoms with E-state index in [1.54, 1.807) is 0 Å². The molecule has 83 valence electrons. The molecule has 0 N–H and O–H groups in total. The fraction of sp³-hybridized carbons (Fsp3) is 1.00. The van der Waals surface area contributed by atoms with Crippen LogP contribution in [0, 0.1) is 0 Å². The van der Waals surface area contributed by atoms with Gasteiger partial charge in [0.25, 0.3) is 0 Å². The van der Waals surface area contributed by atoms with Crippen molar-refractivity contribution >= 4 is 0 Å². The SMILES string of the molecule is CCCC[C]([Hf])(CCCC)CCCC. The standard InChI is InChI=1S/C13H27.Hf/c1-4-7-10-13(11-8-5-2)12-9-6-3;/h4-12H2,1-3H3;. The van der Waals surface area contributed by atoms with Gasteiger partial charge in [-0.05, 0) is 0 Å². The maximum atomic E-state index is 2.32. The van der Waals surface area contributed by atoms with Crippen LogP contribution in [0.25, 0.3) is 0 Å². The summed E-state index contributed by atoms with van der Waals surface area (Å²) < 4.78 is 0.794. The van der Waals surface area contributed by atoms with Crippen LogP contribution in [-0.2, 0) is 24.4 Å². The molecular formula is C13H27Hf. The zero-order chi connectivity index (χ0) is 10.9. The molecule has 0 nitrogen and oxygen atoms in total. The van der Waals surface area contributed by atoms with E-state index in [0.29, 0.717) is 0 Å². The van der Waals surface area contributed by atoms with Crippen LogP contribution in [0.15, 0.2) is 0 Å². The normalized spacial score (nSPS) is 11.9. The van der Waals surface area contributed by atoms with Crippen LogP contribution >= 0.6 is 0 Å². The molecule has 1 heteroatoms. The van der Waals surface area contributed by atoms with E-state index in [9.17, 15) is 0 Å². The van der Waals surface area contributed by atoms with Crippen molar-refractivity contribution in [3.63, 3.8) is 0 Å². The summed E-state index contributed by atoms with van der Waals surface area (Å²) in [7, 11) is 0. The van der Waals surface area contributed by atoms with Gasteiger partial charge in [0.2, 0.25) is 0 Å². The summed E-state index contributed by atoms with van der Waals surface area (Å²) in [5.41, 5.74) is 0. The Morgan fingerprint density at radius 3 is 1.21 bits per heavy atom. The molecule has 0 fully saturated rings. The molecule has 0 saturated carbocycles.